The van der Waals surface area contributed by atoms with E-state index in [-0.39, 0.29) is 17.2 Å². The average Bonchev–Trinajstić information content (AvgIpc) is 2.47. The van der Waals surface area contributed by atoms with E-state index in [1.165, 1.54) is 23.1 Å². The lowest BCUT2D eigenvalue weighted by Crippen LogP contribution is -2.26. The van der Waals surface area contributed by atoms with Crippen molar-refractivity contribution < 1.29 is 9.72 Å². The third-order valence-electron chi connectivity index (χ3n) is 3.12. The Labute approximate surface area is 130 Å². The molecule has 2 rings (SSSR count). The molecule has 0 atom stereocenters. The van der Waals surface area contributed by atoms with Crippen LogP contribution in [-0.4, -0.2) is 17.9 Å². The Kier molecular flexibility index (Phi) is 4.37. The Hall–Kier alpha value is -2.21. The zero-order chi connectivity index (χ0) is 15.6. The van der Waals surface area contributed by atoms with Crippen LogP contribution in [0.2, 0.25) is 0 Å². The first-order valence-corrected chi connectivity index (χ1v) is 6.98. The number of non-ortho nitro benzene ring substituents is 1. The predicted octanol–water partition coefficient (Wildman–Crippen LogP) is 3.94. The van der Waals surface area contributed by atoms with Gasteiger partial charge in [-0.3, -0.25) is 14.9 Å². The Bertz CT molecular complexity index is 699. The van der Waals surface area contributed by atoms with Crippen LogP contribution in [-0.2, 0) is 0 Å². The molecule has 108 valence electrons. The van der Waals surface area contributed by atoms with Crippen LogP contribution in [0.25, 0.3) is 0 Å². The highest BCUT2D eigenvalue weighted by Crippen LogP contribution is 2.25. The van der Waals surface area contributed by atoms with Gasteiger partial charge in [0.05, 0.1) is 10.5 Å². The van der Waals surface area contributed by atoms with Crippen molar-refractivity contribution in [2.45, 2.75) is 6.92 Å². The van der Waals surface area contributed by atoms with Gasteiger partial charge in [-0.15, -0.1) is 0 Å². The lowest BCUT2D eigenvalue weighted by atomic mass is 10.1. The maximum atomic E-state index is 12.5. The van der Waals surface area contributed by atoms with E-state index >= 15 is 0 Å². The van der Waals surface area contributed by atoms with E-state index < -0.39 is 4.92 Å². The number of amides is 1. The minimum atomic E-state index is -0.519. The lowest BCUT2D eigenvalue weighted by molar-refractivity contribution is -0.384. The van der Waals surface area contributed by atoms with E-state index in [0.29, 0.717) is 4.47 Å². The van der Waals surface area contributed by atoms with Gasteiger partial charge >= 0.3 is 0 Å². The molecule has 0 saturated heterocycles. The van der Waals surface area contributed by atoms with Gasteiger partial charge in [0, 0.05) is 29.3 Å². The summed E-state index contributed by atoms with van der Waals surface area (Å²) in [6, 6.07) is 11.6. The highest BCUT2D eigenvalue weighted by atomic mass is 79.9. The smallest absolute Gasteiger partial charge is 0.270 e. The molecule has 5 nitrogen and oxygen atoms in total. The molecule has 0 saturated carbocycles. The number of carbonyl (C=O) groups is 1. The van der Waals surface area contributed by atoms with Crippen molar-refractivity contribution in [1.82, 2.24) is 0 Å². The molecule has 21 heavy (non-hydrogen) atoms. The standard InChI is InChI=1S/C15H13BrN2O3/c1-10-3-5-11(6-4-10)17(2)15(19)13-9-12(18(20)21)7-8-14(13)16/h3-9H,1-2H3. The average molecular weight is 349 g/mol. The summed E-state index contributed by atoms with van der Waals surface area (Å²) in [6.07, 6.45) is 0. The number of rotatable bonds is 3. The third kappa shape index (κ3) is 3.28. The summed E-state index contributed by atoms with van der Waals surface area (Å²) >= 11 is 3.26. The number of carbonyl (C=O) groups excluding carboxylic acids is 1. The number of halogens is 1. The number of benzene rings is 2. The van der Waals surface area contributed by atoms with E-state index in [1.54, 1.807) is 7.05 Å². The first-order chi connectivity index (χ1) is 9.90. The molecule has 1 amide bonds. The van der Waals surface area contributed by atoms with E-state index in [9.17, 15) is 14.9 Å². The van der Waals surface area contributed by atoms with E-state index in [2.05, 4.69) is 15.9 Å². The van der Waals surface area contributed by atoms with Crippen LogP contribution in [0.15, 0.2) is 46.9 Å². The second kappa shape index (κ2) is 6.05. The number of aryl methyl sites for hydroxylation is 1. The lowest BCUT2D eigenvalue weighted by Gasteiger charge is -2.18. The predicted molar refractivity (Wildman–Crippen MR) is 84.7 cm³/mol. The molecule has 6 heteroatoms. The monoisotopic (exact) mass is 348 g/mol. The fourth-order valence-corrected chi connectivity index (χ4v) is 2.27. The second-order valence-electron chi connectivity index (χ2n) is 4.62. The normalized spacial score (nSPS) is 10.2. The maximum Gasteiger partial charge on any atom is 0.270 e. The highest BCUT2D eigenvalue weighted by Gasteiger charge is 2.19. The van der Waals surface area contributed by atoms with Gasteiger partial charge in [-0.25, -0.2) is 0 Å². The number of anilines is 1. The van der Waals surface area contributed by atoms with Crippen LogP contribution < -0.4 is 4.90 Å². The molecular weight excluding hydrogens is 336 g/mol. The largest absolute Gasteiger partial charge is 0.311 e. The van der Waals surface area contributed by atoms with Gasteiger partial charge < -0.3 is 4.90 Å². The van der Waals surface area contributed by atoms with Crippen LogP contribution in [0.4, 0.5) is 11.4 Å². The Morgan fingerprint density at radius 3 is 2.38 bits per heavy atom. The zero-order valence-corrected chi connectivity index (χ0v) is 13.1. The summed E-state index contributed by atoms with van der Waals surface area (Å²) in [5.74, 6) is -0.311. The molecule has 0 unspecified atom stereocenters. The van der Waals surface area contributed by atoms with Gasteiger partial charge in [-0.05, 0) is 41.1 Å². The molecule has 0 spiro atoms. The van der Waals surface area contributed by atoms with Gasteiger partial charge in [0.2, 0.25) is 0 Å². The molecule has 0 aliphatic rings. The quantitative estimate of drug-likeness (QED) is 0.623. The highest BCUT2D eigenvalue weighted by molar-refractivity contribution is 9.10. The fraction of sp³-hybridized carbons (Fsp3) is 0.133. The van der Waals surface area contributed by atoms with E-state index in [0.717, 1.165) is 11.3 Å². The topological polar surface area (TPSA) is 63.5 Å². The van der Waals surface area contributed by atoms with E-state index in [1.807, 2.05) is 31.2 Å². The molecule has 0 bridgehead atoms. The van der Waals surface area contributed by atoms with E-state index in [4.69, 9.17) is 0 Å². The molecule has 2 aromatic carbocycles. The van der Waals surface area contributed by atoms with Crippen LogP contribution in [0, 0.1) is 17.0 Å². The van der Waals surface area contributed by atoms with Crippen LogP contribution in [0.5, 0.6) is 0 Å². The Morgan fingerprint density at radius 1 is 1.19 bits per heavy atom. The van der Waals surface area contributed by atoms with Crippen LogP contribution in [0.3, 0.4) is 0 Å². The summed E-state index contributed by atoms with van der Waals surface area (Å²) in [4.78, 5) is 24.3. The van der Waals surface area contributed by atoms with Gasteiger partial charge in [0.25, 0.3) is 11.6 Å². The van der Waals surface area contributed by atoms with Gasteiger partial charge in [-0.2, -0.15) is 0 Å². The van der Waals surface area contributed by atoms with Gasteiger partial charge in [0.15, 0.2) is 0 Å². The Morgan fingerprint density at radius 2 is 1.81 bits per heavy atom. The molecule has 0 aromatic heterocycles. The Balaban J connectivity index is 2.37. The molecule has 2 aromatic rings. The van der Waals surface area contributed by atoms with Gasteiger partial charge in [0.1, 0.15) is 0 Å². The van der Waals surface area contributed by atoms with Crippen molar-refractivity contribution in [3.63, 3.8) is 0 Å². The van der Waals surface area contributed by atoms with Crippen molar-refractivity contribution in [3.05, 3.63) is 68.2 Å². The van der Waals surface area contributed by atoms with Crippen molar-refractivity contribution in [3.8, 4) is 0 Å². The van der Waals surface area contributed by atoms with Gasteiger partial charge in [-0.1, -0.05) is 17.7 Å². The van der Waals surface area contributed by atoms with Crippen molar-refractivity contribution >= 4 is 33.2 Å². The second-order valence-corrected chi connectivity index (χ2v) is 5.48. The summed E-state index contributed by atoms with van der Waals surface area (Å²) < 4.78 is 0.525. The first-order valence-electron chi connectivity index (χ1n) is 6.19. The molecular formula is C15H13BrN2O3. The van der Waals surface area contributed by atoms with Crippen LogP contribution >= 0.6 is 15.9 Å². The SMILES string of the molecule is Cc1ccc(N(C)C(=O)c2cc([N+](=O)[O-])ccc2Br)cc1. The molecule has 0 aliphatic heterocycles. The molecule has 0 radical (unpaired) electrons. The molecule has 0 heterocycles. The summed E-state index contributed by atoms with van der Waals surface area (Å²) in [6.45, 7) is 1.96. The molecule has 0 N–H and O–H groups in total. The zero-order valence-electron chi connectivity index (χ0n) is 11.5. The molecule has 0 fully saturated rings. The fourth-order valence-electron chi connectivity index (χ4n) is 1.86. The number of nitrogens with zero attached hydrogens (tertiary/aromatic N) is 2. The van der Waals surface area contributed by atoms with Crippen molar-refractivity contribution in [1.29, 1.82) is 0 Å². The third-order valence-corrected chi connectivity index (χ3v) is 3.81. The number of hydrogen-bond acceptors (Lipinski definition) is 3. The van der Waals surface area contributed by atoms with Crippen molar-refractivity contribution in [2.75, 3.05) is 11.9 Å². The number of hydrogen-bond donors (Lipinski definition) is 0. The number of nitro benzene ring substituents is 1. The summed E-state index contributed by atoms with van der Waals surface area (Å²) in [5, 5.41) is 10.8. The maximum absolute atomic E-state index is 12.5. The minimum Gasteiger partial charge on any atom is -0.311 e. The first kappa shape index (κ1) is 15.2. The number of nitro groups is 1. The van der Waals surface area contributed by atoms with Crippen LogP contribution in [0.1, 0.15) is 15.9 Å². The van der Waals surface area contributed by atoms with Crippen molar-refractivity contribution in [2.24, 2.45) is 0 Å². The molecule has 0 aliphatic carbocycles. The summed E-state index contributed by atoms with van der Waals surface area (Å²) in [5.41, 5.74) is 1.96. The minimum absolute atomic E-state index is 0.112. The summed E-state index contributed by atoms with van der Waals surface area (Å²) in [7, 11) is 1.64.